The van der Waals surface area contributed by atoms with Gasteiger partial charge in [0.25, 0.3) is 5.91 Å². The number of hydrogen-bond donors (Lipinski definition) is 2. The molecule has 1 aliphatic rings. The van der Waals surface area contributed by atoms with Crippen molar-refractivity contribution in [1.82, 2.24) is 15.5 Å². The topological polar surface area (TPSA) is 66.0 Å². The Kier molecular flexibility index (Phi) is 8.33. The lowest BCUT2D eigenvalue weighted by Gasteiger charge is -2.26. The van der Waals surface area contributed by atoms with Gasteiger partial charge in [-0.3, -0.25) is 9.79 Å². The molecule has 2 aromatic rings. The molecule has 1 amide bonds. The number of guanidine groups is 1. The minimum absolute atomic E-state index is 0.000401. The summed E-state index contributed by atoms with van der Waals surface area (Å²) in [6.45, 7) is 7.09. The van der Waals surface area contributed by atoms with Crippen LogP contribution in [0.2, 0.25) is 0 Å². The number of rotatable bonds is 7. The van der Waals surface area contributed by atoms with Crippen LogP contribution in [0.3, 0.4) is 0 Å². The summed E-state index contributed by atoms with van der Waals surface area (Å²) in [7, 11) is 1.75. The van der Waals surface area contributed by atoms with Crippen molar-refractivity contribution in [1.29, 1.82) is 0 Å². The van der Waals surface area contributed by atoms with Gasteiger partial charge in [0.1, 0.15) is 11.9 Å². The summed E-state index contributed by atoms with van der Waals surface area (Å²) in [6.07, 6.45) is 3.43. The molecular weight excluding hydrogens is 388 g/mol. The van der Waals surface area contributed by atoms with E-state index in [9.17, 15) is 4.79 Å². The normalized spacial score (nSPS) is 15.3. The quantitative estimate of drug-likeness (QED) is 0.527. The second-order valence-corrected chi connectivity index (χ2v) is 8.10. The van der Waals surface area contributed by atoms with E-state index in [0.717, 1.165) is 42.8 Å². The van der Waals surface area contributed by atoms with E-state index in [1.165, 1.54) is 12.0 Å². The van der Waals surface area contributed by atoms with Crippen molar-refractivity contribution in [2.75, 3.05) is 26.7 Å². The highest BCUT2D eigenvalue weighted by atomic mass is 16.5. The van der Waals surface area contributed by atoms with E-state index < -0.39 is 0 Å². The molecule has 1 atom stereocenters. The molecule has 2 N–H and O–H groups in total. The van der Waals surface area contributed by atoms with Crippen molar-refractivity contribution in [2.24, 2.45) is 4.99 Å². The van der Waals surface area contributed by atoms with Crippen LogP contribution in [0, 0.1) is 6.92 Å². The third-order valence-corrected chi connectivity index (χ3v) is 5.41. The predicted octanol–water partition coefficient (Wildman–Crippen LogP) is 3.75. The Hall–Kier alpha value is -3.02. The first-order chi connectivity index (χ1) is 15.0. The highest BCUT2D eigenvalue weighted by Gasteiger charge is 2.17. The monoisotopic (exact) mass is 422 g/mol. The molecule has 31 heavy (non-hydrogen) atoms. The van der Waals surface area contributed by atoms with Gasteiger partial charge >= 0.3 is 0 Å². The number of nitrogens with zero attached hydrogens (tertiary/aromatic N) is 2. The number of benzene rings is 2. The summed E-state index contributed by atoms with van der Waals surface area (Å²) in [4.78, 5) is 18.8. The lowest BCUT2D eigenvalue weighted by molar-refractivity contribution is 0.0724. The van der Waals surface area contributed by atoms with Gasteiger partial charge in [0.05, 0.1) is 6.54 Å². The van der Waals surface area contributed by atoms with Crippen LogP contribution < -0.4 is 15.4 Å². The summed E-state index contributed by atoms with van der Waals surface area (Å²) < 4.78 is 5.96. The van der Waals surface area contributed by atoms with Crippen molar-refractivity contribution >= 4 is 11.9 Å². The molecule has 6 nitrogen and oxygen atoms in total. The molecule has 0 saturated carbocycles. The van der Waals surface area contributed by atoms with Gasteiger partial charge in [-0.05, 0) is 68.5 Å². The number of likely N-dealkylation sites (tertiary alicyclic amines) is 1. The Balaban J connectivity index is 1.44. The average molecular weight is 423 g/mol. The Bertz CT molecular complexity index is 873. The third kappa shape index (κ3) is 7.02. The smallest absolute Gasteiger partial charge is 0.253 e. The lowest BCUT2D eigenvalue weighted by atomic mass is 10.1. The number of aryl methyl sites for hydroxylation is 1. The molecule has 2 aromatic carbocycles. The van der Waals surface area contributed by atoms with Gasteiger partial charge in [0.2, 0.25) is 0 Å². The molecule has 0 aliphatic carbocycles. The van der Waals surface area contributed by atoms with Crippen LogP contribution in [0.25, 0.3) is 0 Å². The summed E-state index contributed by atoms with van der Waals surface area (Å²) in [6, 6.07) is 15.9. The molecule has 1 fully saturated rings. The first kappa shape index (κ1) is 22.7. The van der Waals surface area contributed by atoms with Crippen LogP contribution >= 0.6 is 0 Å². The maximum Gasteiger partial charge on any atom is 0.253 e. The zero-order chi connectivity index (χ0) is 22.1. The minimum atomic E-state index is 0.000401. The van der Waals surface area contributed by atoms with E-state index in [2.05, 4.69) is 28.6 Å². The highest BCUT2D eigenvalue weighted by Crippen LogP contribution is 2.15. The molecule has 1 unspecified atom stereocenters. The maximum absolute atomic E-state index is 12.6. The summed E-state index contributed by atoms with van der Waals surface area (Å²) in [5, 5.41) is 6.61. The molecule has 0 radical (unpaired) electrons. The lowest BCUT2D eigenvalue weighted by Crippen LogP contribution is -2.41. The first-order valence-corrected chi connectivity index (χ1v) is 11.1. The zero-order valence-electron chi connectivity index (χ0n) is 18.9. The number of carbonyl (C=O) groups is 1. The fourth-order valence-electron chi connectivity index (χ4n) is 3.65. The maximum atomic E-state index is 12.6. The van der Waals surface area contributed by atoms with Crippen LogP contribution in [-0.2, 0) is 6.54 Å². The minimum Gasteiger partial charge on any atom is -0.489 e. The summed E-state index contributed by atoms with van der Waals surface area (Å²) in [5.41, 5.74) is 3.04. The SMILES string of the molecule is CN=C(NCc1ccc(C(=O)N2CCCCC2)cc1)NCC(C)Oc1cccc(C)c1. The molecule has 1 heterocycles. The van der Waals surface area contributed by atoms with E-state index in [1.54, 1.807) is 7.05 Å². The van der Waals surface area contributed by atoms with Crippen LogP contribution in [0.1, 0.15) is 47.7 Å². The van der Waals surface area contributed by atoms with Crippen molar-refractivity contribution in [3.63, 3.8) is 0 Å². The van der Waals surface area contributed by atoms with Crippen molar-refractivity contribution in [3.05, 3.63) is 65.2 Å². The van der Waals surface area contributed by atoms with Crippen molar-refractivity contribution < 1.29 is 9.53 Å². The number of hydrogen-bond acceptors (Lipinski definition) is 3. The predicted molar refractivity (Wildman–Crippen MR) is 126 cm³/mol. The fourth-order valence-corrected chi connectivity index (χ4v) is 3.65. The van der Waals surface area contributed by atoms with Gasteiger partial charge in [0, 0.05) is 32.2 Å². The number of carbonyl (C=O) groups excluding carboxylic acids is 1. The second-order valence-electron chi connectivity index (χ2n) is 8.10. The van der Waals surface area contributed by atoms with Gasteiger partial charge in [0.15, 0.2) is 5.96 Å². The molecule has 0 aromatic heterocycles. The highest BCUT2D eigenvalue weighted by molar-refractivity contribution is 5.94. The molecule has 166 valence electrons. The Morgan fingerprint density at radius 3 is 2.52 bits per heavy atom. The van der Waals surface area contributed by atoms with Crippen LogP contribution in [0.15, 0.2) is 53.5 Å². The van der Waals surface area contributed by atoms with Crippen molar-refractivity contribution in [2.45, 2.75) is 45.8 Å². The van der Waals surface area contributed by atoms with E-state index in [0.29, 0.717) is 19.0 Å². The second kappa shape index (κ2) is 11.4. The van der Waals surface area contributed by atoms with E-state index in [4.69, 9.17) is 4.74 Å². The Morgan fingerprint density at radius 1 is 1.10 bits per heavy atom. The largest absolute Gasteiger partial charge is 0.489 e. The van der Waals surface area contributed by atoms with Gasteiger partial charge in [-0.15, -0.1) is 0 Å². The van der Waals surface area contributed by atoms with E-state index in [1.807, 2.05) is 54.3 Å². The standard InChI is InChI=1S/C25H34N4O2/c1-19-8-7-9-23(16-19)31-20(2)17-27-25(26-3)28-18-21-10-12-22(13-11-21)24(30)29-14-5-4-6-15-29/h7-13,16,20H,4-6,14-15,17-18H2,1-3H3,(H2,26,27,28). The van der Waals surface area contributed by atoms with Gasteiger partial charge in [-0.2, -0.15) is 0 Å². The number of nitrogens with one attached hydrogen (secondary N) is 2. The average Bonchev–Trinajstić information content (AvgIpc) is 2.79. The number of amides is 1. The molecular formula is C25H34N4O2. The summed E-state index contributed by atoms with van der Waals surface area (Å²) in [5.74, 6) is 1.73. The van der Waals surface area contributed by atoms with E-state index >= 15 is 0 Å². The van der Waals surface area contributed by atoms with Crippen LogP contribution in [-0.4, -0.2) is 49.6 Å². The number of aliphatic imine (C=N–C) groups is 1. The molecule has 1 saturated heterocycles. The van der Waals surface area contributed by atoms with Gasteiger partial charge in [-0.1, -0.05) is 24.3 Å². The molecule has 3 rings (SSSR count). The first-order valence-electron chi connectivity index (χ1n) is 11.1. The molecule has 6 heteroatoms. The number of ether oxygens (including phenoxy) is 1. The Morgan fingerprint density at radius 2 is 1.84 bits per heavy atom. The van der Waals surface area contributed by atoms with Crippen LogP contribution in [0.5, 0.6) is 5.75 Å². The summed E-state index contributed by atoms with van der Waals surface area (Å²) >= 11 is 0. The molecule has 1 aliphatic heterocycles. The van der Waals surface area contributed by atoms with Gasteiger partial charge < -0.3 is 20.3 Å². The third-order valence-electron chi connectivity index (χ3n) is 5.41. The fraction of sp³-hybridized carbons (Fsp3) is 0.440. The van der Waals surface area contributed by atoms with Crippen molar-refractivity contribution in [3.8, 4) is 5.75 Å². The number of piperidine rings is 1. The Labute approximate surface area is 185 Å². The molecule has 0 bridgehead atoms. The van der Waals surface area contributed by atoms with Gasteiger partial charge in [-0.25, -0.2) is 0 Å². The van der Waals surface area contributed by atoms with Crippen LogP contribution in [0.4, 0.5) is 0 Å². The zero-order valence-corrected chi connectivity index (χ0v) is 18.9. The van der Waals surface area contributed by atoms with E-state index in [-0.39, 0.29) is 12.0 Å². The molecule has 0 spiro atoms.